The van der Waals surface area contributed by atoms with Crippen LogP contribution in [-0.4, -0.2) is 40.6 Å². The molecule has 0 bridgehead atoms. The van der Waals surface area contributed by atoms with Crippen LogP contribution in [0.2, 0.25) is 0 Å². The Bertz CT molecular complexity index is 1370. The number of hydrogen-bond acceptors (Lipinski definition) is 7. The monoisotopic (exact) mass is 524 g/mol. The van der Waals surface area contributed by atoms with Crippen LogP contribution < -0.4 is 19.5 Å². The minimum Gasteiger partial charge on any atom is -0.497 e. The van der Waals surface area contributed by atoms with E-state index in [-0.39, 0.29) is 23.4 Å². The number of sulfonamides is 1. The van der Waals surface area contributed by atoms with Crippen LogP contribution >= 0.6 is 0 Å². The van der Waals surface area contributed by atoms with E-state index >= 15 is 0 Å². The zero-order chi connectivity index (χ0) is 26.5. The predicted molar refractivity (Wildman–Crippen MR) is 138 cm³/mol. The first-order valence-corrected chi connectivity index (χ1v) is 13.2. The van der Waals surface area contributed by atoms with Crippen molar-refractivity contribution in [1.29, 1.82) is 0 Å². The van der Waals surface area contributed by atoms with Crippen LogP contribution in [0.1, 0.15) is 25.3 Å². The number of nitrogens with one attached hydrogen (secondary N) is 2. The van der Waals surface area contributed by atoms with E-state index in [0.29, 0.717) is 29.5 Å². The quantitative estimate of drug-likeness (QED) is 0.362. The van der Waals surface area contributed by atoms with Gasteiger partial charge >= 0.3 is 5.97 Å². The van der Waals surface area contributed by atoms with Gasteiger partial charge < -0.3 is 19.5 Å². The number of benzene rings is 3. The number of esters is 1. The van der Waals surface area contributed by atoms with Crippen LogP contribution in [0.15, 0.2) is 77.7 Å². The molecule has 0 saturated heterocycles. The maximum absolute atomic E-state index is 12.7. The first kappa shape index (κ1) is 26.0. The van der Waals surface area contributed by atoms with Gasteiger partial charge in [0.25, 0.3) is 15.9 Å². The van der Waals surface area contributed by atoms with Gasteiger partial charge in [0, 0.05) is 11.8 Å². The molecule has 0 aliphatic heterocycles. The summed E-state index contributed by atoms with van der Waals surface area (Å²) < 4.78 is 43.6. The van der Waals surface area contributed by atoms with Gasteiger partial charge in [0.15, 0.2) is 6.61 Å². The minimum absolute atomic E-state index is 0.0449. The SMILES string of the molecule is CCOC(=O)C1(c2ccc(NC(=O)COc3ccc(S(=O)(=O)Nc4cccc(OC)c4)cc3)cc2)CC1. The van der Waals surface area contributed by atoms with Crippen molar-refractivity contribution in [1.82, 2.24) is 0 Å². The molecule has 3 aromatic rings. The maximum Gasteiger partial charge on any atom is 0.316 e. The smallest absolute Gasteiger partial charge is 0.316 e. The van der Waals surface area contributed by atoms with Crippen LogP contribution in [0.3, 0.4) is 0 Å². The number of carbonyl (C=O) groups excluding carboxylic acids is 2. The van der Waals surface area contributed by atoms with Gasteiger partial charge in [0.2, 0.25) is 0 Å². The molecule has 1 saturated carbocycles. The van der Waals surface area contributed by atoms with Crippen molar-refractivity contribution in [2.75, 3.05) is 30.4 Å². The van der Waals surface area contributed by atoms with Gasteiger partial charge in [0.05, 0.1) is 29.7 Å². The Labute approximate surface area is 215 Å². The second kappa shape index (κ2) is 10.9. The summed E-state index contributed by atoms with van der Waals surface area (Å²) in [5.41, 5.74) is 1.25. The van der Waals surface area contributed by atoms with Crippen LogP contribution in [0, 0.1) is 0 Å². The van der Waals surface area contributed by atoms with Crippen molar-refractivity contribution in [3.05, 3.63) is 78.4 Å². The van der Waals surface area contributed by atoms with Crippen LogP contribution in [0.25, 0.3) is 0 Å². The van der Waals surface area contributed by atoms with Gasteiger partial charge in [-0.2, -0.15) is 0 Å². The largest absolute Gasteiger partial charge is 0.497 e. The molecule has 1 aliphatic rings. The first-order valence-electron chi connectivity index (χ1n) is 11.7. The highest BCUT2D eigenvalue weighted by atomic mass is 32.2. The van der Waals surface area contributed by atoms with Gasteiger partial charge in [0.1, 0.15) is 11.5 Å². The molecule has 194 valence electrons. The van der Waals surface area contributed by atoms with Gasteiger partial charge in [-0.15, -0.1) is 0 Å². The molecule has 9 nitrogen and oxygen atoms in total. The Morgan fingerprint density at radius 3 is 2.24 bits per heavy atom. The molecular weight excluding hydrogens is 496 g/mol. The summed E-state index contributed by atoms with van der Waals surface area (Å²) in [7, 11) is -2.32. The minimum atomic E-state index is -3.81. The number of ether oxygens (including phenoxy) is 3. The number of rotatable bonds is 11. The fraction of sp³-hybridized carbons (Fsp3) is 0.259. The summed E-state index contributed by atoms with van der Waals surface area (Å²) in [5.74, 6) is 0.281. The molecule has 37 heavy (non-hydrogen) atoms. The molecule has 0 radical (unpaired) electrons. The molecule has 4 rings (SSSR count). The lowest BCUT2D eigenvalue weighted by Gasteiger charge is -2.15. The second-order valence-electron chi connectivity index (χ2n) is 8.53. The highest BCUT2D eigenvalue weighted by Gasteiger charge is 2.52. The van der Waals surface area contributed by atoms with Crippen LogP contribution in [0.4, 0.5) is 11.4 Å². The molecule has 1 aliphatic carbocycles. The molecule has 3 aromatic carbocycles. The summed E-state index contributed by atoms with van der Waals surface area (Å²) >= 11 is 0. The lowest BCUT2D eigenvalue weighted by atomic mass is 9.96. The topological polar surface area (TPSA) is 120 Å². The van der Waals surface area contributed by atoms with E-state index in [1.54, 1.807) is 43.3 Å². The fourth-order valence-electron chi connectivity index (χ4n) is 3.84. The molecule has 0 spiro atoms. The molecule has 0 atom stereocenters. The Hall–Kier alpha value is -4.05. The third-order valence-electron chi connectivity index (χ3n) is 5.96. The van der Waals surface area contributed by atoms with E-state index in [2.05, 4.69) is 10.0 Å². The molecule has 0 aromatic heterocycles. The summed E-state index contributed by atoms with van der Waals surface area (Å²) in [4.78, 5) is 24.6. The number of carbonyl (C=O) groups is 2. The average molecular weight is 525 g/mol. The summed E-state index contributed by atoms with van der Waals surface area (Å²) in [6, 6.07) is 19.4. The maximum atomic E-state index is 12.7. The third-order valence-corrected chi connectivity index (χ3v) is 7.36. The van der Waals surface area contributed by atoms with Gasteiger partial charge in [-0.3, -0.25) is 14.3 Å². The zero-order valence-electron chi connectivity index (χ0n) is 20.5. The van der Waals surface area contributed by atoms with Crippen LogP contribution in [0.5, 0.6) is 11.5 Å². The average Bonchev–Trinajstić information content (AvgIpc) is 3.70. The highest BCUT2D eigenvalue weighted by molar-refractivity contribution is 7.92. The normalized spacial score (nSPS) is 13.8. The van der Waals surface area contributed by atoms with Gasteiger partial charge in [-0.25, -0.2) is 8.42 Å². The number of anilines is 2. The molecule has 0 heterocycles. The summed E-state index contributed by atoms with van der Waals surface area (Å²) in [6.45, 7) is 1.86. The number of amides is 1. The molecule has 2 N–H and O–H groups in total. The van der Waals surface area contributed by atoms with E-state index in [1.165, 1.54) is 31.4 Å². The Balaban J connectivity index is 1.30. The van der Waals surface area contributed by atoms with E-state index in [1.807, 2.05) is 12.1 Å². The number of methoxy groups -OCH3 is 1. The zero-order valence-corrected chi connectivity index (χ0v) is 21.3. The highest BCUT2D eigenvalue weighted by Crippen LogP contribution is 2.49. The van der Waals surface area contributed by atoms with Crippen molar-refractivity contribution in [2.45, 2.75) is 30.1 Å². The Morgan fingerprint density at radius 1 is 0.919 bits per heavy atom. The molecule has 1 amide bonds. The van der Waals surface area contributed by atoms with E-state index in [0.717, 1.165) is 18.4 Å². The Kier molecular flexibility index (Phi) is 7.68. The lowest BCUT2D eigenvalue weighted by molar-refractivity contribution is -0.146. The van der Waals surface area contributed by atoms with E-state index < -0.39 is 15.4 Å². The van der Waals surface area contributed by atoms with Crippen molar-refractivity contribution in [2.24, 2.45) is 0 Å². The van der Waals surface area contributed by atoms with Gasteiger partial charge in [-0.05, 0) is 73.9 Å². The standard InChI is InChI=1S/C27H28N2O7S/c1-3-35-26(31)27(15-16-27)19-7-9-20(10-8-19)28-25(30)18-36-22-11-13-24(14-12-22)37(32,33)29-21-5-4-6-23(17-21)34-2/h4-14,17,29H,3,15-16,18H2,1-2H3,(H,28,30). The molecule has 1 fully saturated rings. The van der Waals surface area contributed by atoms with Crippen molar-refractivity contribution in [3.8, 4) is 11.5 Å². The lowest BCUT2D eigenvalue weighted by Crippen LogP contribution is -2.23. The Morgan fingerprint density at radius 2 is 1.62 bits per heavy atom. The van der Waals surface area contributed by atoms with E-state index in [4.69, 9.17) is 14.2 Å². The number of hydrogen-bond donors (Lipinski definition) is 2. The molecule has 0 unspecified atom stereocenters. The van der Waals surface area contributed by atoms with Crippen LogP contribution in [-0.2, 0) is 29.8 Å². The predicted octanol–water partition coefficient (Wildman–Crippen LogP) is 4.11. The summed E-state index contributed by atoms with van der Waals surface area (Å²) in [5, 5.41) is 2.74. The van der Waals surface area contributed by atoms with Crippen molar-refractivity contribution < 1.29 is 32.2 Å². The first-order chi connectivity index (χ1) is 17.8. The van der Waals surface area contributed by atoms with Crippen molar-refractivity contribution >= 4 is 33.3 Å². The van der Waals surface area contributed by atoms with Gasteiger partial charge in [-0.1, -0.05) is 18.2 Å². The van der Waals surface area contributed by atoms with Crippen molar-refractivity contribution in [3.63, 3.8) is 0 Å². The summed E-state index contributed by atoms with van der Waals surface area (Å²) in [6.07, 6.45) is 1.51. The fourth-order valence-corrected chi connectivity index (χ4v) is 4.89. The third kappa shape index (κ3) is 6.21. The molecule has 10 heteroatoms. The molecular formula is C27H28N2O7S. The van der Waals surface area contributed by atoms with E-state index in [9.17, 15) is 18.0 Å². The second-order valence-corrected chi connectivity index (χ2v) is 10.2.